The smallest absolute Gasteiger partial charge is 0.319 e. The van der Waals surface area contributed by atoms with Crippen molar-refractivity contribution in [1.82, 2.24) is 14.8 Å². The van der Waals surface area contributed by atoms with E-state index in [0.29, 0.717) is 0 Å². The highest BCUT2D eigenvalue weighted by molar-refractivity contribution is 5.74. The Kier molecular flexibility index (Phi) is 4.19. The van der Waals surface area contributed by atoms with Crippen molar-refractivity contribution in [3.8, 4) is 0 Å². The summed E-state index contributed by atoms with van der Waals surface area (Å²) in [6, 6.07) is -0.234. The molecule has 0 atom stereocenters. The standard InChI is InChI=1S/C12H14F4N4O/c1-18(2)12(21)20-5-3-19(4-6-20)9-7(13)10(15)17-11(16)8(9)14/h3-6H2,1-2H3. The molecular formula is C12H14F4N4O. The van der Waals surface area contributed by atoms with Crippen LogP contribution in [0.5, 0.6) is 0 Å². The molecule has 0 aromatic carbocycles. The van der Waals surface area contributed by atoms with Crippen molar-refractivity contribution in [1.29, 1.82) is 0 Å². The number of rotatable bonds is 1. The van der Waals surface area contributed by atoms with Crippen LogP contribution in [0.25, 0.3) is 0 Å². The molecule has 0 bridgehead atoms. The van der Waals surface area contributed by atoms with Crippen LogP contribution >= 0.6 is 0 Å². The second kappa shape index (κ2) is 5.74. The van der Waals surface area contributed by atoms with E-state index in [9.17, 15) is 22.4 Å². The number of hydrogen-bond donors (Lipinski definition) is 0. The summed E-state index contributed by atoms with van der Waals surface area (Å²) in [4.78, 5) is 18.3. The molecule has 0 spiro atoms. The Labute approximate surface area is 118 Å². The van der Waals surface area contributed by atoms with E-state index in [4.69, 9.17) is 0 Å². The molecule has 5 nitrogen and oxygen atoms in total. The maximum Gasteiger partial charge on any atom is 0.319 e. The third kappa shape index (κ3) is 2.86. The Morgan fingerprint density at radius 1 is 1.00 bits per heavy atom. The number of carbonyl (C=O) groups excluding carboxylic acids is 1. The van der Waals surface area contributed by atoms with Gasteiger partial charge in [0, 0.05) is 40.3 Å². The number of halogens is 4. The Morgan fingerprint density at radius 2 is 1.48 bits per heavy atom. The van der Waals surface area contributed by atoms with E-state index >= 15 is 0 Å². The Balaban J connectivity index is 2.18. The number of amides is 2. The second-order valence-electron chi connectivity index (χ2n) is 4.82. The summed E-state index contributed by atoms with van der Waals surface area (Å²) in [7, 11) is 3.17. The average Bonchev–Trinajstić information content (AvgIpc) is 2.45. The van der Waals surface area contributed by atoms with Gasteiger partial charge >= 0.3 is 6.03 Å². The van der Waals surface area contributed by atoms with Gasteiger partial charge in [0.2, 0.25) is 11.6 Å². The molecule has 1 aliphatic heterocycles. The molecule has 9 heteroatoms. The van der Waals surface area contributed by atoms with E-state index in [1.807, 2.05) is 0 Å². The van der Waals surface area contributed by atoms with Crippen LogP contribution in [0, 0.1) is 23.5 Å². The minimum atomic E-state index is -1.68. The summed E-state index contributed by atoms with van der Waals surface area (Å²) in [6.45, 7) is 0.523. The topological polar surface area (TPSA) is 39.7 Å². The zero-order chi connectivity index (χ0) is 15.7. The highest BCUT2D eigenvalue weighted by Gasteiger charge is 2.29. The van der Waals surface area contributed by atoms with Gasteiger partial charge in [-0.2, -0.15) is 22.5 Å². The lowest BCUT2D eigenvalue weighted by atomic mass is 10.2. The van der Waals surface area contributed by atoms with Gasteiger partial charge in [-0.15, -0.1) is 0 Å². The molecule has 1 fully saturated rings. The lowest BCUT2D eigenvalue weighted by Crippen LogP contribution is -2.52. The number of pyridine rings is 1. The molecule has 21 heavy (non-hydrogen) atoms. The SMILES string of the molecule is CN(C)C(=O)N1CCN(c2c(F)c(F)nc(F)c2F)CC1. The quantitative estimate of drug-likeness (QED) is 0.582. The summed E-state index contributed by atoms with van der Waals surface area (Å²) in [5.74, 6) is -6.42. The lowest BCUT2D eigenvalue weighted by molar-refractivity contribution is 0.167. The molecule has 116 valence electrons. The minimum absolute atomic E-state index is 0.0658. The predicted octanol–water partition coefficient (Wildman–Crippen LogP) is 1.44. The third-order valence-corrected chi connectivity index (χ3v) is 3.22. The molecule has 0 unspecified atom stereocenters. The van der Waals surface area contributed by atoms with Crippen molar-refractivity contribution >= 4 is 11.7 Å². The van der Waals surface area contributed by atoms with Crippen molar-refractivity contribution in [2.75, 3.05) is 45.2 Å². The number of anilines is 1. The van der Waals surface area contributed by atoms with Gasteiger partial charge in [-0.3, -0.25) is 0 Å². The first kappa shape index (κ1) is 15.3. The van der Waals surface area contributed by atoms with Crippen LogP contribution in [-0.4, -0.2) is 61.1 Å². The first-order valence-corrected chi connectivity index (χ1v) is 6.24. The number of urea groups is 1. The van der Waals surface area contributed by atoms with Gasteiger partial charge in [0.25, 0.3) is 11.9 Å². The van der Waals surface area contributed by atoms with Crippen LogP contribution in [0.15, 0.2) is 0 Å². The number of carbonyl (C=O) groups is 1. The molecular weight excluding hydrogens is 292 g/mol. The average molecular weight is 306 g/mol. The molecule has 1 saturated heterocycles. The zero-order valence-corrected chi connectivity index (χ0v) is 11.5. The van der Waals surface area contributed by atoms with Crippen LogP contribution in [0.1, 0.15) is 0 Å². The summed E-state index contributed by atoms with van der Waals surface area (Å²) >= 11 is 0. The van der Waals surface area contributed by atoms with Crippen molar-refractivity contribution in [2.45, 2.75) is 0 Å². The minimum Gasteiger partial charge on any atom is -0.363 e. The molecule has 1 aliphatic rings. The van der Waals surface area contributed by atoms with Crippen LogP contribution in [0.3, 0.4) is 0 Å². The lowest BCUT2D eigenvalue weighted by Gasteiger charge is -2.37. The van der Waals surface area contributed by atoms with Crippen LogP contribution in [0.2, 0.25) is 0 Å². The molecule has 1 aromatic heterocycles. The number of aromatic nitrogens is 1. The zero-order valence-electron chi connectivity index (χ0n) is 11.5. The van der Waals surface area contributed by atoms with E-state index in [1.165, 1.54) is 9.80 Å². The van der Waals surface area contributed by atoms with Gasteiger partial charge in [0.05, 0.1) is 0 Å². The molecule has 0 radical (unpaired) electrons. The summed E-state index contributed by atoms with van der Waals surface area (Å²) in [5.41, 5.74) is -0.781. The summed E-state index contributed by atoms with van der Waals surface area (Å²) in [5, 5.41) is 0. The highest BCUT2D eigenvalue weighted by atomic mass is 19.2. The highest BCUT2D eigenvalue weighted by Crippen LogP contribution is 2.27. The Bertz CT molecular complexity index is 532. The van der Waals surface area contributed by atoms with E-state index < -0.39 is 29.2 Å². The van der Waals surface area contributed by atoms with Crippen LogP contribution in [0.4, 0.5) is 28.0 Å². The summed E-state index contributed by atoms with van der Waals surface area (Å²) in [6.07, 6.45) is 0. The molecule has 2 heterocycles. The summed E-state index contributed by atoms with van der Waals surface area (Å²) < 4.78 is 53.5. The molecule has 0 saturated carbocycles. The fourth-order valence-corrected chi connectivity index (χ4v) is 2.16. The van der Waals surface area contributed by atoms with E-state index in [1.54, 1.807) is 14.1 Å². The fraction of sp³-hybridized carbons (Fsp3) is 0.500. The predicted molar refractivity (Wildman–Crippen MR) is 66.9 cm³/mol. The number of nitrogens with zero attached hydrogens (tertiary/aromatic N) is 4. The van der Waals surface area contributed by atoms with Crippen molar-refractivity contribution in [3.63, 3.8) is 0 Å². The maximum atomic E-state index is 13.6. The number of hydrogen-bond acceptors (Lipinski definition) is 3. The van der Waals surface area contributed by atoms with E-state index in [2.05, 4.69) is 4.98 Å². The van der Waals surface area contributed by atoms with E-state index in [0.717, 1.165) is 4.90 Å². The third-order valence-electron chi connectivity index (χ3n) is 3.22. The molecule has 2 amide bonds. The maximum absolute atomic E-state index is 13.6. The van der Waals surface area contributed by atoms with Gasteiger partial charge in [-0.25, -0.2) is 4.79 Å². The van der Waals surface area contributed by atoms with Gasteiger partial charge in [-0.1, -0.05) is 0 Å². The van der Waals surface area contributed by atoms with Crippen LogP contribution < -0.4 is 4.90 Å². The van der Waals surface area contributed by atoms with Crippen molar-refractivity contribution < 1.29 is 22.4 Å². The molecule has 2 rings (SSSR count). The van der Waals surface area contributed by atoms with Gasteiger partial charge in [0.1, 0.15) is 5.69 Å². The van der Waals surface area contributed by atoms with Crippen molar-refractivity contribution in [2.24, 2.45) is 0 Å². The van der Waals surface area contributed by atoms with Crippen LogP contribution in [-0.2, 0) is 0 Å². The Morgan fingerprint density at radius 3 is 1.90 bits per heavy atom. The normalized spacial score (nSPS) is 15.3. The molecule has 0 aliphatic carbocycles. The molecule has 0 N–H and O–H groups in total. The first-order valence-electron chi connectivity index (χ1n) is 6.24. The van der Waals surface area contributed by atoms with E-state index in [-0.39, 0.29) is 32.2 Å². The number of piperazine rings is 1. The van der Waals surface area contributed by atoms with Gasteiger partial charge < -0.3 is 14.7 Å². The largest absolute Gasteiger partial charge is 0.363 e. The van der Waals surface area contributed by atoms with Crippen molar-refractivity contribution in [3.05, 3.63) is 23.5 Å². The monoisotopic (exact) mass is 306 g/mol. The van der Waals surface area contributed by atoms with Gasteiger partial charge in [-0.05, 0) is 0 Å². The second-order valence-corrected chi connectivity index (χ2v) is 4.82. The first-order chi connectivity index (χ1) is 9.82. The Hall–Kier alpha value is -2.06. The fourth-order valence-electron chi connectivity index (χ4n) is 2.16. The molecule has 1 aromatic rings. The van der Waals surface area contributed by atoms with Gasteiger partial charge in [0.15, 0.2) is 0 Å².